The van der Waals surface area contributed by atoms with E-state index < -0.39 is 11.8 Å². The van der Waals surface area contributed by atoms with Crippen LogP contribution in [0.4, 0.5) is 0 Å². The van der Waals surface area contributed by atoms with Crippen LogP contribution in [0.25, 0.3) is 0 Å². The molecule has 0 heterocycles. The summed E-state index contributed by atoms with van der Waals surface area (Å²) < 4.78 is 9.79. The number of hydrogen-bond donors (Lipinski definition) is 1. The Morgan fingerprint density at radius 1 is 1.15 bits per heavy atom. The van der Waals surface area contributed by atoms with E-state index in [1.807, 2.05) is 0 Å². The van der Waals surface area contributed by atoms with Crippen molar-refractivity contribution < 1.29 is 24.2 Å². The average molecular weight is 278 g/mol. The van der Waals surface area contributed by atoms with Gasteiger partial charge in [0.15, 0.2) is 0 Å². The highest BCUT2D eigenvalue weighted by atomic mass is 16.5. The summed E-state index contributed by atoms with van der Waals surface area (Å²) in [5, 5.41) is 8.89. The molecule has 1 aromatic rings. The van der Waals surface area contributed by atoms with Crippen molar-refractivity contribution in [1.82, 2.24) is 0 Å². The minimum absolute atomic E-state index is 0.105. The quantitative estimate of drug-likeness (QED) is 0.245. The molecule has 0 aromatic heterocycles. The number of aliphatic hydroxyl groups excluding tert-OH is 1. The minimum atomic E-state index is -0.869. The fourth-order valence-electron chi connectivity index (χ4n) is 1.48. The molecule has 0 bridgehead atoms. The maximum atomic E-state index is 11.7. The first-order valence-electron chi connectivity index (χ1n) is 6.32. The van der Waals surface area contributed by atoms with Gasteiger partial charge in [0.05, 0.1) is 26.1 Å². The van der Waals surface area contributed by atoms with Crippen molar-refractivity contribution in [2.45, 2.75) is 19.4 Å². The molecule has 1 aromatic carbocycles. The Morgan fingerprint density at radius 3 is 2.40 bits per heavy atom. The van der Waals surface area contributed by atoms with E-state index in [4.69, 9.17) is 14.6 Å². The third kappa shape index (κ3) is 5.24. The summed E-state index contributed by atoms with van der Waals surface area (Å²) in [6, 6.07) is 6.17. The topological polar surface area (TPSA) is 72.8 Å². The summed E-state index contributed by atoms with van der Waals surface area (Å²) in [4.78, 5) is 23.3. The standard InChI is InChI=1S/C15H18O5/c1-2-19-9-3-4-10-20-15(18)14(17)13-7-5-12(11-16)6-8-13/h2,5-8,16H,1,3-4,9-11H2. The number of esters is 1. The van der Waals surface area contributed by atoms with Crippen LogP contribution in [0.5, 0.6) is 0 Å². The maximum absolute atomic E-state index is 11.7. The second-order valence-electron chi connectivity index (χ2n) is 4.06. The molecule has 0 aliphatic carbocycles. The van der Waals surface area contributed by atoms with Gasteiger partial charge in [-0.15, -0.1) is 0 Å². The van der Waals surface area contributed by atoms with E-state index in [0.29, 0.717) is 18.6 Å². The fourth-order valence-corrected chi connectivity index (χ4v) is 1.48. The Hall–Kier alpha value is -2.14. The van der Waals surface area contributed by atoms with Crippen LogP contribution in [-0.2, 0) is 20.9 Å². The Balaban J connectivity index is 2.34. The van der Waals surface area contributed by atoms with Gasteiger partial charge in [0.1, 0.15) is 0 Å². The highest BCUT2D eigenvalue weighted by Gasteiger charge is 2.17. The number of rotatable bonds is 9. The van der Waals surface area contributed by atoms with Gasteiger partial charge in [-0.05, 0) is 18.4 Å². The lowest BCUT2D eigenvalue weighted by Crippen LogP contribution is -2.18. The van der Waals surface area contributed by atoms with Crippen molar-refractivity contribution in [3.05, 3.63) is 48.2 Å². The van der Waals surface area contributed by atoms with Crippen LogP contribution in [0.3, 0.4) is 0 Å². The van der Waals surface area contributed by atoms with E-state index >= 15 is 0 Å². The van der Waals surface area contributed by atoms with Gasteiger partial charge in [-0.25, -0.2) is 4.79 Å². The molecule has 0 saturated heterocycles. The monoisotopic (exact) mass is 278 g/mol. The van der Waals surface area contributed by atoms with Crippen molar-refractivity contribution in [2.24, 2.45) is 0 Å². The van der Waals surface area contributed by atoms with Crippen molar-refractivity contribution in [1.29, 1.82) is 0 Å². The minimum Gasteiger partial charge on any atom is -0.502 e. The molecule has 0 fully saturated rings. The van der Waals surface area contributed by atoms with Gasteiger partial charge in [0.2, 0.25) is 0 Å². The summed E-state index contributed by atoms with van der Waals surface area (Å²) in [6.07, 6.45) is 2.70. The molecule has 0 aliphatic rings. The lowest BCUT2D eigenvalue weighted by molar-refractivity contribution is -0.138. The zero-order valence-electron chi connectivity index (χ0n) is 11.2. The molecule has 0 atom stereocenters. The number of unbranched alkanes of at least 4 members (excludes halogenated alkanes) is 1. The third-order valence-corrected chi connectivity index (χ3v) is 2.59. The maximum Gasteiger partial charge on any atom is 0.379 e. The number of ether oxygens (including phenoxy) is 2. The lowest BCUT2D eigenvalue weighted by Gasteiger charge is -2.04. The molecule has 0 spiro atoms. The normalized spacial score (nSPS) is 9.85. The SMILES string of the molecule is C=COCCCCOC(=O)C(=O)c1ccc(CO)cc1. The summed E-state index contributed by atoms with van der Waals surface area (Å²) in [5.74, 6) is -1.55. The van der Waals surface area contributed by atoms with Crippen LogP contribution in [0.2, 0.25) is 0 Å². The van der Waals surface area contributed by atoms with Gasteiger partial charge >= 0.3 is 5.97 Å². The summed E-state index contributed by atoms with van der Waals surface area (Å²) in [7, 11) is 0. The van der Waals surface area contributed by atoms with Crippen molar-refractivity contribution in [3.8, 4) is 0 Å². The van der Waals surface area contributed by atoms with Crippen LogP contribution in [-0.4, -0.2) is 30.1 Å². The first-order chi connectivity index (χ1) is 9.69. The van der Waals surface area contributed by atoms with Crippen LogP contribution < -0.4 is 0 Å². The van der Waals surface area contributed by atoms with Crippen molar-refractivity contribution in [2.75, 3.05) is 13.2 Å². The lowest BCUT2D eigenvalue weighted by atomic mass is 10.1. The van der Waals surface area contributed by atoms with Gasteiger partial charge in [-0.2, -0.15) is 0 Å². The third-order valence-electron chi connectivity index (χ3n) is 2.59. The van der Waals surface area contributed by atoms with E-state index in [1.165, 1.54) is 18.4 Å². The van der Waals surface area contributed by atoms with Crippen molar-refractivity contribution >= 4 is 11.8 Å². The van der Waals surface area contributed by atoms with E-state index in [9.17, 15) is 9.59 Å². The molecule has 5 heteroatoms. The molecule has 1 N–H and O–H groups in total. The van der Waals surface area contributed by atoms with Gasteiger partial charge in [-0.3, -0.25) is 4.79 Å². The number of carbonyl (C=O) groups is 2. The molecular formula is C15H18O5. The fraction of sp³-hybridized carbons (Fsp3) is 0.333. The summed E-state index contributed by atoms with van der Waals surface area (Å²) in [6.45, 7) is 3.99. The van der Waals surface area contributed by atoms with Crippen LogP contribution >= 0.6 is 0 Å². The second kappa shape index (κ2) is 8.87. The molecule has 20 heavy (non-hydrogen) atoms. The first kappa shape index (κ1) is 15.9. The Bertz CT molecular complexity index is 450. The average Bonchev–Trinajstić information content (AvgIpc) is 2.50. The predicted octanol–water partition coefficient (Wildman–Crippen LogP) is 1.85. The largest absolute Gasteiger partial charge is 0.502 e. The van der Waals surface area contributed by atoms with E-state index in [2.05, 4.69) is 6.58 Å². The second-order valence-corrected chi connectivity index (χ2v) is 4.06. The van der Waals surface area contributed by atoms with E-state index in [1.54, 1.807) is 12.1 Å². The zero-order valence-corrected chi connectivity index (χ0v) is 11.2. The Kier molecular flexibility index (Phi) is 7.06. The Labute approximate surface area is 117 Å². The molecule has 0 amide bonds. The molecule has 0 unspecified atom stereocenters. The number of ketones is 1. The summed E-state index contributed by atoms with van der Waals surface area (Å²) in [5.41, 5.74) is 0.930. The van der Waals surface area contributed by atoms with Crippen LogP contribution in [0.15, 0.2) is 37.1 Å². The Morgan fingerprint density at radius 2 is 1.80 bits per heavy atom. The molecule has 0 saturated carbocycles. The molecule has 0 aliphatic heterocycles. The highest BCUT2D eigenvalue weighted by Crippen LogP contribution is 2.06. The van der Waals surface area contributed by atoms with Crippen LogP contribution in [0, 0.1) is 0 Å². The molecule has 1 rings (SSSR count). The molecular weight excluding hydrogens is 260 g/mol. The predicted molar refractivity (Wildman–Crippen MR) is 73.0 cm³/mol. The number of hydrogen-bond acceptors (Lipinski definition) is 5. The smallest absolute Gasteiger partial charge is 0.379 e. The molecule has 5 nitrogen and oxygen atoms in total. The number of aliphatic hydroxyl groups is 1. The van der Waals surface area contributed by atoms with Gasteiger partial charge < -0.3 is 14.6 Å². The number of carbonyl (C=O) groups excluding carboxylic acids is 2. The van der Waals surface area contributed by atoms with E-state index in [0.717, 1.165) is 6.42 Å². The van der Waals surface area contributed by atoms with E-state index in [-0.39, 0.29) is 18.8 Å². The first-order valence-corrected chi connectivity index (χ1v) is 6.32. The summed E-state index contributed by atoms with van der Waals surface area (Å²) >= 11 is 0. The number of benzene rings is 1. The van der Waals surface area contributed by atoms with Crippen LogP contribution in [0.1, 0.15) is 28.8 Å². The zero-order chi connectivity index (χ0) is 14.8. The highest BCUT2D eigenvalue weighted by molar-refractivity contribution is 6.40. The van der Waals surface area contributed by atoms with Gasteiger partial charge in [0.25, 0.3) is 5.78 Å². The number of Topliss-reactive ketones (excluding diaryl/α,β-unsaturated/α-hetero) is 1. The van der Waals surface area contributed by atoms with Gasteiger partial charge in [0, 0.05) is 5.56 Å². The van der Waals surface area contributed by atoms with Crippen molar-refractivity contribution in [3.63, 3.8) is 0 Å². The molecule has 0 radical (unpaired) electrons. The molecule has 108 valence electrons. The van der Waals surface area contributed by atoms with Gasteiger partial charge in [-0.1, -0.05) is 30.8 Å².